The maximum Gasteiger partial charge on any atom is 0.288 e. The largest absolute Gasteiger partial charge is 0.381 e. The van der Waals surface area contributed by atoms with Crippen molar-refractivity contribution in [3.05, 3.63) is 68.5 Å². The molecule has 0 heterocycles. The molecule has 0 saturated heterocycles. The second-order valence-electron chi connectivity index (χ2n) is 4.20. The molecule has 0 unspecified atom stereocenters. The maximum absolute atomic E-state index is 13.2. The number of hydrogen-bond donors (Lipinski definition) is 1. The summed E-state index contributed by atoms with van der Waals surface area (Å²) in [6.45, 7) is 0.286. The van der Waals surface area contributed by atoms with Crippen molar-refractivity contribution in [3.8, 4) is 6.07 Å². The van der Waals surface area contributed by atoms with E-state index in [9.17, 15) is 14.5 Å². The molecule has 106 valence electrons. The molecular formula is C14H9ClFN3O2. The van der Waals surface area contributed by atoms with Crippen LogP contribution in [0.5, 0.6) is 0 Å². The van der Waals surface area contributed by atoms with Crippen molar-refractivity contribution in [1.82, 2.24) is 0 Å². The fourth-order valence-corrected chi connectivity index (χ4v) is 1.92. The van der Waals surface area contributed by atoms with E-state index in [0.717, 1.165) is 0 Å². The van der Waals surface area contributed by atoms with Crippen LogP contribution in [-0.4, -0.2) is 4.92 Å². The molecule has 0 atom stereocenters. The molecule has 0 fully saturated rings. The zero-order chi connectivity index (χ0) is 15.4. The van der Waals surface area contributed by atoms with Gasteiger partial charge in [-0.15, -0.1) is 0 Å². The molecular weight excluding hydrogens is 297 g/mol. The molecule has 7 heteroatoms. The highest BCUT2D eigenvalue weighted by molar-refractivity contribution is 6.32. The van der Waals surface area contributed by atoms with Gasteiger partial charge >= 0.3 is 0 Å². The van der Waals surface area contributed by atoms with Crippen LogP contribution in [0.2, 0.25) is 5.02 Å². The Hall–Kier alpha value is -2.65. The normalized spacial score (nSPS) is 9.95. The van der Waals surface area contributed by atoms with Gasteiger partial charge in [0.15, 0.2) is 0 Å². The lowest BCUT2D eigenvalue weighted by molar-refractivity contribution is -0.384. The minimum Gasteiger partial charge on any atom is -0.381 e. The van der Waals surface area contributed by atoms with Crippen LogP contribution >= 0.6 is 11.6 Å². The van der Waals surface area contributed by atoms with Crippen LogP contribution in [0.4, 0.5) is 15.8 Å². The van der Waals surface area contributed by atoms with Crippen molar-refractivity contribution in [2.75, 3.05) is 5.32 Å². The summed E-state index contributed by atoms with van der Waals surface area (Å²) in [6, 6.07) is 10.3. The first-order valence-electron chi connectivity index (χ1n) is 5.87. The van der Waals surface area contributed by atoms with Gasteiger partial charge in [0.1, 0.15) is 16.9 Å². The van der Waals surface area contributed by atoms with Gasteiger partial charge in [0.25, 0.3) is 5.69 Å². The topological polar surface area (TPSA) is 79.0 Å². The summed E-state index contributed by atoms with van der Waals surface area (Å²) in [6.07, 6.45) is 0. The first kappa shape index (κ1) is 14.8. The Morgan fingerprint density at radius 3 is 2.76 bits per heavy atom. The Bertz CT molecular complexity index is 743. The molecule has 0 aliphatic heterocycles. The van der Waals surface area contributed by atoms with Crippen LogP contribution in [0.25, 0.3) is 0 Å². The van der Waals surface area contributed by atoms with E-state index in [1.54, 1.807) is 12.1 Å². The smallest absolute Gasteiger partial charge is 0.288 e. The lowest BCUT2D eigenvalue weighted by Crippen LogP contribution is -2.01. The summed E-state index contributed by atoms with van der Waals surface area (Å²) < 4.78 is 13.2. The standard InChI is InChI=1S/C14H9ClFN3O2/c15-12-3-1-9(5-14(12)19(20)21)8-18-11-2-4-13(16)10(6-11)7-17/h1-6,18H,8H2. The number of nitro groups is 1. The Balaban J connectivity index is 2.15. The number of nitrogens with zero attached hydrogens (tertiary/aromatic N) is 2. The Morgan fingerprint density at radius 1 is 1.33 bits per heavy atom. The monoisotopic (exact) mass is 305 g/mol. The van der Waals surface area contributed by atoms with Crippen molar-refractivity contribution < 1.29 is 9.31 Å². The number of nitrogens with one attached hydrogen (secondary N) is 1. The highest BCUT2D eigenvalue weighted by Crippen LogP contribution is 2.25. The number of benzene rings is 2. The van der Waals surface area contributed by atoms with Crippen molar-refractivity contribution in [3.63, 3.8) is 0 Å². The highest BCUT2D eigenvalue weighted by atomic mass is 35.5. The molecule has 21 heavy (non-hydrogen) atoms. The summed E-state index contributed by atoms with van der Waals surface area (Å²) >= 11 is 5.73. The fraction of sp³-hybridized carbons (Fsp3) is 0.0714. The maximum atomic E-state index is 13.2. The third-order valence-corrected chi connectivity index (χ3v) is 3.11. The van der Waals surface area contributed by atoms with Gasteiger partial charge in [-0.05, 0) is 29.8 Å². The molecule has 2 aromatic carbocycles. The zero-order valence-electron chi connectivity index (χ0n) is 10.6. The Morgan fingerprint density at radius 2 is 2.10 bits per heavy atom. The van der Waals surface area contributed by atoms with Gasteiger partial charge in [0.2, 0.25) is 0 Å². The van der Waals surface area contributed by atoms with Gasteiger partial charge in [-0.2, -0.15) is 5.26 Å². The molecule has 0 aliphatic rings. The van der Waals surface area contributed by atoms with Gasteiger partial charge in [0, 0.05) is 18.3 Å². The lowest BCUT2D eigenvalue weighted by Gasteiger charge is -2.07. The van der Waals surface area contributed by atoms with E-state index in [0.29, 0.717) is 11.3 Å². The molecule has 0 radical (unpaired) electrons. The van der Waals surface area contributed by atoms with E-state index >= 15 is 0 Å². The second-order valence-corrected chi connectivity index (χ2v) is 4.61. The summed E-state index contributed by atoms with van der Waals surface area (Å²) in [4.78, 5) is 10.2. The predicted molar refractivity (Wildman–Crippen MR) is 76.5 cm³/mol. The number of anilines is 1. The third kappa shape index (κ3) is 3.46. The van der Waals surface area contributed by atoms with Gasteiger partial charge in [0.05, 0.1) is 10.5 Å². The molecule has 2 aromatic rings. The van der Waals surface area contributed by atoms with Gasteiger partial charge in [-0.3, -0.25) is 10.1 Å². The van der Waals surface area contributed by atoms with Crippen molar-refractivity contribution >= 4 is 23.0 Å². The first-order valence-corrected chi connectivity index (χ1v) is 6.25. The van der Waals surface area contributed by atoms with Gasteiger partial charge in [-0.25, -0.2) is 4.39 Å². The van der Waals surface area contributed by atoms with Crippen LogP contribution in [0, 0.1) is 27.3 Å². The van der Waals surface area contributed by atoms with E-state index in [1.165, 1.54) is 30.3 Å². The van der Waals surface area contributed by atoms with Crippen LogP contribution < -0.4 is 5.32 Å². The van der Waals surface area contributed by atoms with E-state index in [4.69, 9.17) is 16.9 Å². The minimum atomic E-state index is -0.592. The van der Waals surface area contributed by atoms with Crippen LogP contribution in [0.15, 0.2) is 36.4 Å². The Kier molecular flexibility index (Phi) is 4.36. The average Bonchev–Trinajstić information content (AvgIpc) is 2.47. The molecule has 0 spiro atoms. The van der Waals surface area contributed by atoms with Crippen LogP contribution in [0.1, 0.15) is 11.1 Å². The van der Waals surface area contributed by atoms with Crippen molar-refractivity contribution in [2.45, 2.75) is 6.54 Å². The number of halogens is 2. The SMILES string of the molecule is N#Cc1cc(NCc2ccc(Cl)c([N+](=O)[O-])c2)ccc1F. The number of nitriles is 1. The van der Waals surface area contributed by atoms with Crippen LogP contribution in [0.3, 0.4) is 0 Å². The van der Waals surface area contributed by atoms with Gasteiger partial charge < -0.3 is 5.32 Å². The summed E-state index contributed by atoms with van der Waals surface area (Å²) in [5.41, 5.74) is 0.953. The summed E-state index contributed by atoms with van der Waals surface area (Å²) in [7, 11) is 0. The number of rotatable bonds is 4. The quantitative estimate of drug-likeness (QED) is 0.687. The van der Waals surface area contributed by atoms with E-state index in [2.05, 4.69) is 5.32 Å². The van der Waals surface area contributed by atoms with E-state index in [-0.39, 0.29) is 22.8 Å². The second kappa shape index (κ2) is 6.20. The first-order chi connectivity index (χ1) is 10.0. The minimum absolute atomic E-state index is 0.0669. The zero-order valence-corrected chi connectivity index (χ0v) is 11.4. The van der Waals surface area contributed by atoms with Crippen molar-refractivity contribution in [1.29, 1.82) is 5.26 Å². The van der Waals surface area contributed by atoms with Crippen LogP contribution in [-0.2, 0) is 6.54 Å². The molecule has 0 aliphatic carbocycles. The predicted octanol–water partition coefficient (Wildman–Crippen LogP) is 3.87. The molecule has 0 bridgehead atoms. The van der Waals surface area contributed by atoms with E-state index < -0.39 is 10.7 Å². The fourth-order valence-electron chi connectivity index (χ4n) is 1.73. The molecule has 1 N–H and O–H groups in total. The molecule has 0 amide bonds. The van der Waals surface area contributed by atoms with E-state index in [1.807, 2.05) is 0 Å². The molecule has 0 saturated carbocycles. The lowest BCUT2D eigenvalue weighted by atomic mass is 10.1. The number of nitro benzene ring substituents is 1. The average molecular weight is 306 g/mol. The molecule has 5 nitrogen and oxygen atoms in total. The summed E-state index contributed by atoms with van der Waals surface area (Å²) in [5.74, 6) is -0.592. The summed E-state index contributed by atoms with van der Waals surface area (Å²) in [5, 5.41) is 22.6. The third-order valence-electron chi connectivity index (χ3n) is 2.79. The molecule has 0 aromatic heterocycles. The number of hydrogen-bond acceptors (Lipinski definition) is 4. The highest BCUT2D eigenvalue weighted by Gasteiger charge is 2.12. The molecule has 2 rings (SSSR count). The Labute approximate surface area is 124 Å². The van der Waals surface area contributed by atoms with Crippen molar-refractivity contribution in [2.24, 2.45) is 0 Å². The van der Waals surface area contributed by atoms with Gasteiger partial charge in [-0.1, -0.05) is 17.7 Å².